The smallest absolute Gasteiger partial charge is 0.221 e. The predicted octanol–water partition coefficient (Wildman–Crippen LogP) is 3.30. The zero-order chi connectivity index (χ0) is 21.1. The molecule has 0 unspecified atom stereocenters. The first-order valence-corrected chi connectivity index (χ1v) is 10.6. The molecule has 30 heavy (non-hydrogen) atoms. The van der Waals surface area contributed by atoms with Crippen LogP contribution >= 0.6 is 0 Å². The highest BCUT2D eigenvalue weighted by Crippen LogP contribution is 2.39. The third-order valence-corrected chi connectivity index (χ3v) is 6.19. The van der Waals surface area contributed by atoms with Crippen LogP contribution in [0, 0.1) is 11.8 Å². The molecule has 160 valence electrons. The molecule has 0 bridgehead atoms. The molecule has 1 aliphatic heterocycles. The number of amides is 1. The van der Waals surface area contributed by atoms with Crippen LogP contribution in [-0.4, -0.2) is 48.3 Å². The van der Waals surface area contributed by atoms with Crippen LogP contribution in [0.1, 0.15) is 25.3 Å². The number of fused-ring (bicyclic) bond motifs is 1. The van der Waals surface area contributed by atoms with Crippen molar-refractivity contribution in [3.63, 3.8) is 0 Å². The summed E-state index contributed by atoms with van der Waals surface area (Å²) in [5, 5.41) is 13.5. The van der Waals surface area contributed by atoms with Crippen LogP contribution < -0.4 is 14.8 Å². The predicted molar refractivity (Wildman–Crippen MR) is 116 cm³/mol. The summed E-state index contributed by atoms with van der Waals surface area (Å²) in [6.45, 7) is 4.40. The average Bonchev–Trinajstić information content (AvgIpc) is 3.10. The van der Waals surface area contributed by atoms with Gasteiger partial charge in [-0.2, -0.15) is 0 Å². The average molecular weight is 411 g/mol. The number of likely N-dealkylation sites (tertiary alicyclic amines) is 1. The van der Waals surface area contributed by atoms with Crippen molar-refractivity contribution >= 4 is 11.6 Å². The van der Waals surface area contributed by atoms with E-state index in [4.69, 9.17) is 9.47 Å². The van der Waals surface area contributed by atoms with Crippen molar-refractivity contribution in [3.05, 3.63) is 54.1 Å². The highest BCUT2D eigenvalue weighted by Gasteiger charge is 2.42. The fraction of sp³-hybridized carbons (Fsp3) is 0.458. The Labute approximate surface area is 177 Å². The Morgan fingerprint density at radius 2 is 1.73 bits per heavy atom. The molecule has 4 rings (SSSR count). The van der Waals surface area contributed by atoms with Gasteiger partial charge in [-0.25, -0.2) is 0 Å². The minimum Gasteiger partial charge on any atom is -0.493 e. The maximum absolute atomic E-state index is 11.2. The Kier molecular flexibility index (Phi) is 6.25. The first-order valence-electron chi connectivity index (χ1n) is 10.6. The van der Waals surface area contributed by atoms with E-state index in [9.17, 15) is 9.90 Å². The van der Waals surface area contributed by atoms with E-state index in [0.717, 1.165) is 38.2 Å². The molecule has 2 aliphatic rings. The molecule has 1 saturated carbocycles. The molecule has 1 saturated heterocycles. The van der Waals surface area contributed by atoms with Crippen molar-refractivity contribution < 1.29 is 19.4 Å². The SMILES string of the molecule is COc1ccccc1O[C@@H]1C[C@@H]2CN(Cc3ccc(NC(C)=O)cc3)C[C@@H]2C[C@H]1O. The molecule has 4 atom stereocenters. The molecular formula is C24H30N2O4. The Morgan fingerprint density at radius 3 is 2.40 bits per heavy atom. The summed E-state index contributed by atoms with van der Waals surface area (Å²) in [5.41, 5.74) is 2.05. The lowest BCUT2D eigenvalue weighted by Gasteiger charge is -2.35. The number of para-hydroxylation sites is 2. The fourth-order valence-corrected chi connectivity index (χ4v) is 4.78. The van der Waals surface area contributed by atoms with Crippen molar-refractivity contribution in [1.29, 1.82) is 0 Å². The minimum atomic E-state index is -0.465. The second-order valence-corrected chi connectivity index (χ2v) is 8.44. The number of anilines is 1. The number of hydrogen-bond acceptors (Lipinski definition) is 5. The van der Waals surface area contributed by atoms with E-state index in [1.807, 2.05) is 36.4 Å². The highest BCUT2D eigenvalue weighted by molar-refractivity contribution is 5.88. The number of methoxy groups -OCH3 is 1. The largest absolute Gasteiger partial charge is 0.493 e. The summed E-state index contributed by atoms with van der Waals surface area (Å²) in [6.07, 6.45) is 0.942. The molecule has 2 fully saturated rings. The number of benzene rings is 2. The maximum atomic E-state index is 11.2. The van der Waals surface area contributed by atoms with Crippen LogP contribution in [0.4, 0.5) is 5.69 Å². The monoisotopic (exact) mass is 410 g/mol. The molecule has 6 nitrogen and oxygen atoms in total. The van der Waals surface area contributed by atoms with Gasteiger partial charge in [0, 0.05) is 32.2 Å². The van der Waals surface area contributed by atoms with E-state index in [0.29, 0.717) is 23.3 Å². The van der Waals surface area contributed by atoms with Gasteiger partial charge >= 0.3 is 0 Å². The fourth-order valence-electron chi connectivity index (χ4n) is 4.78. The van der Waals surface area contributed by atoms with Crippen LogP contribution in [0.5, 0.6) is 11.5 Å². The van der Waals surface area contributed by atoms with Gasteiger partial charge in [0.25, 0.3) is 0 Å². The molecule has 0 radical (unpaired) electrons. The lowest BCUT2D eigenvalue weighted by Crippen LogP contribution is -2.42. The number of nitrogens with zero attached hydrogens (tertiary/aromatic N) is 1. The molecule has 1 heterocycles. The van der Waals surface area contributed by atoms with E-state index in [2.05, 4.69) is 22.3 Å². The topological polar surface area (TPSA) is 71.0 Å². The molecule has 1 aliphatic carbocycles. The van der Waals surface area contributed by atoms with Gasteiger partial charge in [0.15, 0.2) is 11.5 Å². The van der Waals surface area contributed by atoms with E-state index in [1.165, 1.54) is 12.5 Å². The number of nitrogens with one attached hydrogen (secondary N) is 1. The Balaban J connectivity index is 1.35. The van der Waals surface area contributed by atoms with Crippen LogP contribution in [0.2, 0.25) is 0 Å². The summed E-state index contributed by atoms with van der Waals surface area (Å²) in [6, 6.07) is 15.6. The Hall–Kier alpha value is -2.57. The zero-order valence-electron chi connectivity index (χ0n) is 17.6. The summed E-state index contributed by atoms with van der Waals surface area (Å²) in [5.74, 6) is 2.34. The lowest BCUT2D eigenvalue weighted by atomic mass is 9.78. The molecule has 6 heteroatoms. The normalized spacial score (nSPS) is 26.1. The first-order chi connectivity index (χ1) is 14.5. The van der Waals surface area contributed by atoms with Crippen molar-refractivity contribution in [2.45, 2.75) is 38.5 Å². The summed E-state index contributed by atoms with van der Waals surface area (Å²) in [4.78, 5) is 13.6. The Morgan fingerprint density at radius 1 is 1.07 bits per heavy atom. The van der Waals surface area contributed by atoms with Gasteiger partial charge < -0.3 is 19.9 Å². The van der Waals surface area contributed by atoms with Gasteiger partial charge in [0.1, 0.15) is 6.10 Å². The Bertz CT molecular complexity index is 870. The van der Waals surface area contributed by atoms with Crippen LogP contribution in [0.25, 0.3) is 0 Å². The van der Waals surface area contributed by atoms with Crippen molar-refractivity contribution in [3.8, 4) is 11.5 Å². The first kappa shape index (κ1) is 20.7. The molecule has 2 aromatic rings. The number of carbonyl (C=O) groups excluding carboxylic acids is 1. The second kappa shape index (κ2) is 9.06. The molecule has 1 amide bonds. The van der Waals surface area contributed by atoms with Crippen molar-refractivity contribution in [2.24, 2.45) is 11.8 Å². The van der Waals surface area contributed by atoms with Gasteiger partial charge in [-0.3, -0.25) is 9.69 Å². The van der Waals surface area contributed by atoms with Crippen molar-refractivity contribution in [2.75, 3.05) is 25.5 Å². The number of rotatable bonds is 6. The molecular weight excluding hydrogens is 380 g/mol. The number of hydrogen-bond donors (Lipinski definition) is 2. The highest BCUT2D eigenvalue weighted by atomic mass is 16.5. The number of ether oxygens (including phenoxy) is 2. The van der Waals surface area contributed by atoms with Crippen LogP contribution in [0.15, 0.2) is 48.5 Å². The van der Waals surface area contributed by atoms with E-state index in [1.54, 1.807) is 7.11 Å². The van der Waals surface area contributed by atoms with E-state index >= 15 is 0 Å². The molecule has 0 spiro atoms. The van der Waals surface area contributed by atoms with Gasteiger partial charge in [0.05, 0.1) is 13.2 Å². The van der Waals surface area contributed by atoms with Crippen LogP contribution in [0.3, 0.4) is 0 Å². The van der Waals surface area contributed by atoms with E-state index < -0.39 is 6.10 Å². The third-order valence-electron chi connectivity index (χ3n) is 6.19. The summed E-state index contributed by atoms with van der Waals surface area (Å²) in [7, 11) is 1.63. The number of aliphatic hydroxyl groups excluding tert-OH is 1. The number of aliphatic hydroxyl groups is 1. The van der Waals surface area contributed by atoms with E-state index in [-0.39, 0.29) is 12.0 Å². The van der Waals surface area contributed by atoms with Crippen LogP contribution in [-0.2, 0) is 11.3 Å². The summed E-state index contributed by atoms with van der Waals surface area (Å²) >= 11 is 0. The summed E-state index contributed by atoms with van der Waals surface area (Å²) < 4.78 is 11.6. The molecule has 2 N–H and O–H groups in total. The molecule has 2 aromatic carbocycles. The zero-order valence-corrected chi connectivity index (χ0v) is 17.6. The maximum Gasteiger partial charge on any atom is 0.221 e. The van der Waals surface area contributed by atoms with Gasteiger partial charge in [-0.15, -0.1) is 0 Å². The second-order valence-electron chi connectivity index (χ2n) is 8.44. The lowest BCUT2D eigenvalue weighted by molar-refractivity contribution is -0.114. The quantitative estimate of drug-likeness (QED) is 0.765. The van der Waals surface area contributed by atoms with Gasteiger partial charge in [0.2, 0.25) is 5.91 Å². The number of carbonyl (C=O) groups is 1. The molecule has 0 aromatic heterocycles. The minimum absolute atomic E-state index is 0.0604. The van der Waals surface area contributed by atoms with Crippen molar-refractivity contribution in [1.82, 2.24) is 4.90 Å². The standard InChI is InChI=1S/C24H30N2O4/c1-16(27)25-20-9-7-17(8-10-20)13-26-14-18-11-21(28)24(12-19(18)15-26)30-23-6-4-3-5-22(23)29-2/h3-10,18-19,21,24,28H,11-15H2,1-2H3,(H,25,27)/t18-,19+,21+,24+/m0/s1. The van der Waals surface area contributed by atoms with Gasteiger partial charge in [-0.1, -0.05) is 24.3 Å². The third kappa shape index (κ3) is 4.77. The van der Waals surface area contributed by atoms with Gasteiger partial charge in [-0.05, 0) is 54.5 Å².